The Labute approximate surface area is 152 Å². The number of nitrogens with one attached hydrogen (secondary N) is 1. The quantitative estimate of drug-likeness (QED) is 0.714. The maximum Gasteiger partial charge on any atom is 0.280 e. The Morgan fingerprint density at radius 2 is 1.81 bits per heavy atom. The van der Waals surface area contributed by atoms with Crippen LogP contribution in [0.4, 0.5) is 0 Å². The van der Waals surface area contributed by atoms with Crippen molar-refractivity contribution in [1.29, 1.82) is 0 Å². The van der Waals surface area contributed by atoms with Gasteiger partial charge in [0.25, 0.3) is 5.56 Å². The molecule has 26 heavy (non-hydrogen) atoms. The van der Waals surface area contributed by atoms with Gasteiger partial charge in [0.2, 0.25) is 0 Å². The molecule has 132 valence electrons. The largest absolute Gasteiger partial charge is 0.497 e. The highest BCUT2D eigenvalue weighted by atomic mass is 16.5. The summed E-state index contributed by atoms with van der Waals surface area (Å²) in [5.41, 5.74) is 3.85. The van der Waals surface area contributed by atoms with E-state index >= 15 is 0 Å². The van der Waals surface area contributed by atoms with E-state index in [1.807, 2.05) is 61.5 Å². The maximum atomic E-state index is 13.2. The number of hydrogen-bond acceptors (Lipinski definition) is 3. The molecule has 1 fully saturated rings. The number of methoxy groups -OCH3 is 1. The Bertz CT molecular complexity index is 994. The molecule has 5 nitrogen and oxygen atoms in total. The number of nitrogens with zero attached hydrogens (tertiary/aromatic N) is 2. The summed E-state index contributed by atoms with van der Waals surface area (Å²) in [6.45, 7) is 1.92. The smallest absolute Gasteiger partial charge is 0.280 e. The number of aliphatic imine (C=N–C) groups is 1. The second kappa shape index (κ2) is 6.67. The average Bonchev–Trinajstić information content (AvgIpc) is 3.42. The van der Waals surface area contributed by atoms with E-state index in [-0.39, 0.29) is 5.56 Å². The number of aromatic nitrogens is 2. The number of benzene rings is 2. The van der Waals surface area contributed by atoms with Crippen molar-refractivity contribution >= 4 is 5.71 Å². The fraction of sp³-hybridized carbons (Fsp3) is 0.238. The summed E-state index contributed by atoms with van der Waals surface area (Å²) in [7, 11) is 1.64. The van der Waals surface area contributed by atoms with Crippen molar-refractivity contribution in [2.24, 2.45) is 4.99 Å². The molecule has 1 N–H and O–H groups in total. The summed E-state index contributed by atoms with van der Waals surface area (Å²) in [6.07, 6.45) is 2.21. The van der Waals surface area contributed by atoms with Gasteiger partial charge in [0.05, 0.1) is 30.1 Å². The Hall–Kier alpha value is -3.08. The monoisotopic (exact) mass is 347 g/mol. The topological polar surface area (TPSA) is 59.4 Å². The molecule has 0 atom stereocenters. The van der Waals surface area contributed by atoms with Crippen LogP contribution in [0.15, 0.2) is 64.4 Å². The van der Waals surface area contributed by atoms with E-state index in [4.69, 9.17) is 9.73 Å². The standard InChI is InChI=1S/C21H21N3O2/c1-14(22-16-10-11-16)19-20(15-8-12-18(26-2)13-9-15)23-24(21(19)25)17-6-4-3-5-7-17/h3-9,12-13,16,23H,10-11H2,1-2H3. The fourth-order valence-corrected chi connectivity index (χ4v) is 3.04. The normalized spacial score (nSPS) is 14.5. The van der Waals surface area contributed by atoms with Crippen molar-refractivity contribution < 1.29 is 4.74 Å². The molecule has 0 radical (unpaired) electrons. The van der Waals surface area contributed by atoms with Crippen LogP contribution >= 0.6 is 0 Å². The molecule has 1 heterocycles. The van der Waals surface area contributed by atoms with Crippen LogP contribution in [-0.2, 0) is 0 Å². The lowest BCUT2D eigenvalue weighted by atomic mass is 10.1. The number of ether oxygens (including phenoxy) is 1. The summed E-state index contributed by atoms with van der Waals surface area (Å²) in [5.74, 6) is 0.781. The van der Waals surface area contributed by atoms with E-state index in [9.17, 15) is 4.79 Å². The zero-order valence-electron chi connectivity index (χ0n) is 14.9. The van der Waals surface area contributed by atoms with Crippen molar-refractivity contribution in [3.05, 3.63) is 70.5 Å². The number of hydrogen-bond donors (Lipinski definition) is 1. The van der Waals surface area contributed by atoms with Gasteiger partial charge in [-0.15, -0.1) is 0 Å². The Kier molecular flexibility index (Phi) is 4.21. The van der Waals surface area contributed by atoms with Crippen LogP contribution in [-0.4, -0.2) is 28.6 Å². The van der Waals surface area contributed by atoms with Crippen LogP contribution in [0.25, 0.3) is 16.9 Å². The van der Waals surface area contributed by atoms with Crippen molar-refractivity contribution in [3.8, 4) is 22.7 Å². The molecule has 1 aliphatic carbocycles. The second-order valence-electron chi connectivity index (χ2n) is 6.51. The fourth-order valence-electron chi connectivity index (χ4n) is 3.04. The van der Waals surface area contributed by atoms with Gasteiger partial charge in [0.15, 0.2) is 0 Å². The first-order chi connectivity index (χ1) is 12.7. The van der Waals surface area contributed by atoms with Gasteiger partial charge in [0.1, 0.15) is 5.75 Å². The van der Waals surface area contributed by atoms with Crippen molar-refractivity contribution in [1.82, 2.24) is 9.78 Å². The summed E-state index contributed by atoms with van der Waals surface area (Å²) >= 11 is 0. The van der Waals surface area contributed by atoms with Gasteiger partial charge in [-0.25, -0.2) is 4.68 Å². The van der Waals surface area contributed by atoms with E-state index < -0.39 is 0 Å². The van der Waals surface area contributed by atoms with Crippen LogP contribution < -0.4 is 10.3 Å². The first kappa shape index (κ1) is 16.4. The minimum absolute atomic E-state index is 0.0797. The van der Waals surface area contributed by atoms with Gasteiger partial charge in [-0.05, 0) is 56.2 Å². The van der Waals surface area contributed by atoms with Crippen LogP contribution in [0.5, 0.6) is 5.75 Å². The number of rotatable bonds is 5. The third-order valence-corrected chi connectivity index (χ3v) is 4.57. The molecule has 2 aromatic carbocycles. The zero-order valence-corrected chi connectivity index (χ0v) is 14.9. The lowest BCUT2D eigenvalue weighted by Crippen LogP contribution is -2.19. The maximum absolute atomic E-state index is 13.2. The van der Waals surface area contributed by atoms with Gasteiger partial charge in [-0.3, -0.25) is 14.9 Å². The zero-order chi connectivity index (χ0) is 18.1. The lowest BCUT2D eigenvalue weighted by molar-refractivity contribution is 0.415. The highest BCUT2D eigenvalue weighted by Crippen LogP contribution is 2.27. The Morgan fingerprint density at radius 1 is 1.12 bits per heavy atom. The predicted octanol–water partition coefficient (Wildman–Crippen LogP) is 3.81. The molecule has 1 aliphatic rings. The molecule has 0 amide bonds. The molecule has 0 aliphatic heterocycles. The highest BCUT2D eigenvalue weighted by Gasteiger charge is 2.24. The number of para-hydroxylation sites is 1. The molecule has 0 unspecified atom stereocenters. The van der Waals surface area contributed by atoms with Gasteiger partial charge >= 0.3 is 0 Å². The molecule has 1 aromatic heterocycles. The molecule has 4 rings (SSSR count). The first-order valence-electron chi connectivity index (χ1n) is 8.77. The van der Waals surface area contributed by atoms with E-state index in [1.54, 1.807) is 11.8 Å². The van der Waals surface area contributed by atoms with Gasteiger partial charge in [-0.2, -0.15) is 0 Å². The van der Waals surface area contributed by atoms with Crippen molar-refractivity contribution in [3.63, 3.8) is 0 Å². The number of aromatic amines is 1. The molecule has 3 aromatic rings. The van der Waals surface area contributed by atoms with Crippen LogP contribution in [0.1, 0.15) is 25.3 Å². The second-order valence-corrected chi connectivity index (χ2v) is 6.51. The van der Waals surface area contributed by atoms with E-state index in [2.05, 4.69) is 5.10 Å². The average molecular weight is 347 g/mol. The molecule has 0 spiro atoms. The molecule has 1 saturated carbocycles. The Morgan fingerprint density at radius 3 is 2.42 bits per heavy atom. The molecular formula is C21H21N3O2. The summed E-state index contributed by atoms with van der Waals surface area (Å²) in [6, 6.07) is 17.6. The Balaban J connectivity index is 1.89. The molecule has 0 bridgehead atoms. The molecular weight excluding hydrogens is 326 g/mol. The van der Waals surface area contributed by atoms with Crippen LogP contribution in [0.3, 0.4) is 0 Å². The van der Waals surface area contributed by atoms with Gasteiger partial charge in [-0.1, -0.05) is 18.2 Å². The summed E-state index contributed by atoms with van der Waals surface area (Å²) in [5, 5.41) is 3.28. The highest BCUT2D eigenvalue weighted by molar-refractivity contribution is 6.03. The molecule has 5 heteroatoms. The SMILES string of the molecule is COc1ccc(-c2[nH]n(-c3ccccc3)c(=O)c2C(C)=NC2CC2)cc1. The minimum Gasteiger partial charge on any atom is -0.497 e. The van der Waals surface area contributed by atoms with E-state index in [1.165, 1.54) is 0 Å². The van der Waals surface area contributed by atoms with E-state index in [0.29, 0.717) is 11.6 Å². The van der Waals surface area contributed by atoms with Crippen LogP contribution in [0, 0.1) is 0 Å². The first-order valence-corrected chi connectivity index (χ1v) is 8.77. The number of H-pyrrole nitrogens is 1. The van der Waals surface area contributed by atoms with E-state index in [0.717, 1.165) is 41.2 Å². The lowest BCUT2D eigenvalue weighted by Gasteiger charge is -2.05. The van der Waals surface area contributed by atoms with Crippen LogP contribution in [0.2, 0.25) is 0 Å². The summed E-state index contributed by atoms with van der Waals surface area (Å²) in [4.78, 5) is 17.9. The van der Waals surface area contributed by atoms with Gasteiger partial charge in [0, 0.05) is 11.3 Å². The summed E-state index contributed by atoms with van der Waals surface area (Å²) < 4.78 is 6.83. The minimum atomic E-state index is -0.0797. The molecule has 0 saturated heterocycles. The third kappa shape index (κ3) is 3.08. The predicted molar refractivity (Wildman–Crippen MR) is 104 cm³/mol. The van der Waals surface area contributed by atoms with Gasteiger partial charge < -0.3 is 4.74 Å². The van der Waals surface area contributed by atoms with Crippen molar-refractivity contribution in [2.45, 2.75) is 25.8 Å². The third-order valence-electron chi connectivity index (χ3n) is 4.57. The van der Waals surface area contributed by atoms with Crippen molar-refractivity contribution in [2.75, 3.05) is 7.11 Å².